The molecule has 2 aliphatic rings. The Balaban J connectivity index is 1.09. The van der Waals surface area contributed by atoms with Crippen LogP contribution in [0.15, 0.2) is 89.7 Å². The number of nitrogens with one attached hydrogen (secondary N) is 1. The number of rotatable bonds is 8. The van der Waals surface area contributed by atoms with E-state index < -0.39 is 5.54 Å². The number of pyridine rings is 1. The van der Waals surface area contributed by atoms with Crippen LogP contribution in [0.5, 0.6) is 0 Å². The third-order valence-corrected chi connectivity index (χ3v) is 10.8. The van der Waals surface area contributed by atoms with Gasteiger partial charge in [0, 0.05) is 50.0 Å². The Morgan fingerprint density at radius 2 is 1.73 bits per heavy atom. The fourth-order valence-electron chi connectivity index (χ4n) is 7.89. The molecule has 11 heteroatoms. The number of para-hydroxylation sites is 1. The van der Waals surface area contributed by atoms with Crippen molar-refractivity contribution in [1.82, 2.24) is 34.6 Å². The van der Waals surface area contributed by atoms with Crippen LogP contribution in [0.3, 0.4) is 0 Å². The second-order valence-corrected chi connectivity index (χ2v) is 13.6. The maximum Gasteiger partial charge on any atom is 0.253 e. The highest BCUT2D eigenvalue weighted by Crippen LogP contribution is 2.37. The Morgan fingerprint density at radius 1 is 0.980 bits per heavy atom. The molecule has 6 aromatic rings. The molecule has 8 rings (SSSR count). The topological polar surface area (TPSA) is 123 Å². The number of benzene rings is 2. The lowest BCUT2D eigenvalue weighted by atomic mass is 9.84. The van der Waals surface area contributed by atoms with Crippen LogP contribution < -0.4 is 16.0 Å². The third-order valence-electron chi connectivity index (χ3n) is 10.8. The predicted molar refractivity (Wildman–Crippen MR) is 192 cm³/mol. The molecule has 2 aromatic carbocycles. The minimum absolute atomic E-state index is 0.0397. The first-order chi connectivity index (χ1) is 23.9. The molecule has 1 saturated carbocycles. The summed E-state index contributed by atoms with van der Waals surface area (Å²) in [5, 5.41) is 13.9. The summed E-state index contributed by atoms with van der Waals surface area (Å²) in [4.78, 5) is 23.2. The summed E-state index contributed by atoms with van der Waals surface area (Å²) < 4.78 is 9.34. The number of hydrogen-bond donors (Lipinski definition) is 2. The number of nitrogens with two attached hydrogens (primary N) is 1. The van der Waals surface area contributed by atoms with Gasteiger partial charge in [-0.2, -0.15) is 9.61 Å². The summed E-state index contributed by atoms with van der Waals surface area (Å²) >= 11 is 0. The van der Waals surface area contributed by atoms with Gasteiger partial charge < -0.3 is 20.4 Å². The minimum atomic E-state index is -0.558. The molecule has 1 aliphatic carbocycles. The molecule has 2 unspecified atom stereocenters. The van der Waals surface area contributed by atoms with Gasteiger partial charge in [-0.05, 0) is 56.5 Å². The molecule has 0 spiro atoms. The Labute approximate surface area is 285 Å². The summed E-state index contributed by atoms with van der Waals surface area (Å²) in [7, 11) is 0. The highest BCUT2D eigenvalue weighted by atomic mass is 16.3. The van der Waals surface area contributed by atoms with E-state index in [0.717, 1.165) is 66.7 Å². The van der Waals surface area contributed by atoms with Crippen LogP contribution in [0, 0.1) is 0 Å². The summed E-state index contributed by atoms with van der Waals surface area (Å²) in [6, 6.07) is 24.5. The SMILES string of the molecule is CC(N1CCN(c2ccccc2C(=O)NC2CCCCC2)CC1)C(C)(c1ccccc1)n1ncc2c1cc(N)n1nc(-c3ccco3)nc21. The van der Waals surface area contributed by atoms with E-state index in [2.05, 4.69) is 69.1 Å². The van der Waals surface area contributed by atoms with Crippen molar-refractivity contribution in [2.45, 2.75) is 63.6 Å². The van der Waals surface area contributed by atoms with Crippen LogP contribution in [0.1, 0.15) is 61.9 Å². The van der Waals surface area contributed by atoms with Crippen molar-refractivity contribution in [2.24, 2.45) is 0 Å². The number of nitrogen functional groups attached to an aromatic ring is 1. The second kappa shape index (κ2) is 12.7. The maximum atomic E-state index is 13.5. The van der Waals surface area contributed by atoms with Crippen molar-refractivity contribution in [3.05, 3.63) is 96.4 Å². The van der Waals surface area contributed by atoms with Gasteiger partial charge in [0.05, 0.1) is 28.9 Å². The molecule has 1 aliphatic heterocycles. The van der Waals surface area contributed by atoms with E-state index in [1.54, 1.807) is 10.8 Å². The molecule has 0 bridgehead atoms. The average Bonchev–Trinajstić information content (AvgIpc) is 3.93. The summed E-state index contributed by atoms with van der Waals surface area (Å²) in [5.74, 6) is 1.57. The van der Waals surface area contributed by atoms with Gasteiger partial charge >= 0.3 is 0 Å². The van der Waals surface area contributed by atoms with Crippen LogP contribution in [-0.4, -0.2) is 73.4 Å². The van der Waals surface area contributed by atoms with E-state index >= 15 is 0 Å². The zero-order chi connectivity index (χ0) is 33.5. The molecule has 11 nitrogen and oxygen atoms in total. The van der Waals surface area contributed by atoms with Gasteiger partial charge in [-0.3, -0.25) is 14.4 Å². The average molecular weight is 658 g/mol. The van der Waals surface area contributed by atoms with Gasteiger partial charge in [0.2, 0.25) is 5.82 Å². The number of carbonyl (C=O) groups is 1. The minimum Gasteiger partial charge on any atom is -0.461 e. The third kappa shape index (κ3) is 5.51. The lowest BCUT2D eigenvalue weighted by Crippen LogP contribution is -2.57. The Bertz CT molecular complexity index is 2070. The predicted octanol–water partition coefficient (Wildman–Crippen LogP) is 5.96. The molecule has 2 atom stereocenters. The van der Waals surface area contributed by atoms with Crippen molar-refractivity contribution in [3.8, 4) is 11.6 Å². The number of aromatic nitrogens is 5. The van der Waals surface area contributed by atoms with Crippen LogP contribution in [0.4, 0.5) is 11.5 Å². The fraction of sp³-hybridized carbons (Fsp3) is 0.368. The van der Waals surface area contributed by atoms with Crippen LogP contribution >= 0.6 is 0 Å². The number of furan rings is 1. The van der Waals surface area contributed by atoms with E-state index in [-0.39, 0.29) is 18.0 Å². The number of nitrogens with zero attached hydrogens (tertiary/aromatic N) is 7. The molecule has 5 heterocycles. The standard InChI is InChI=1S/C38H43N9O2/c1-26(44-19-21-45(22-20-44)31-17-10-9-16-29(31)37(48)41-28-14-7-4-8-15-28)38(2,27-12-5-3-6-13-27)47-32-24-34(39)46-36(30(32)25-40-47)42-35(43-46)33-18-11-23-49-33/h3,5-6,9-13,16-18,23-26,28H,4,7-8,14-15,19-22,39H2,1-2H3,(H,41,48). The Kier molecular flexibility index (Phi) is 8.07. The molecule has 2 fully saturated rings. The quantitative estimate of drug-likeness (QED) is 0.206. The molecule has 0 radical (unpaired) electrons. The summed E-state index contributed by atoms with van der Waals surface area (Å²) in [5.41, 5.74) is 10.5. The smallest absolute Gasteiger partial charge is 0.253 e. The molecule has 49 heavy (non-hydrogen) atoms. The van der Waals surface area contributed by atoms with E-state index in [1.807, 2.05) is 48.7 Å². The van der Waals surface area contributed by atoms with Crippen molar-refractivity contribution in [3.63, 3.8) is 0 Å². The van der Waals surface area contributed by atoms with Crippen molar-refractivity contribution in [1.29, 1.82) is 0 Å². The number of hydrogen-bond acceptors (Lipinski definition) is 8. The van der Waals surface area contributed by atoms with Gasteiger partial charge in [-0.25, -0.2) is 4.98 Å². The first kappa shape index (κ1) is 31.1. The highest BCUT2D eigenvalue weighted by molar-refractivity contribution is 6.00. The van der Waals surface area contributed by atoms with Crippen LogP contribution in [-0.2, 0) is 5.54 Å². The van der Waals surface area contributed by atoms with Gasteiger partial charge in [0.15, 0.2) is 11.4 Å². The normalized spacial score (nSPS) is 18.1. The van der Waals surface area contributed by atoms with Crippen molar-refractivity contribution < 1.29 is 9.21 Å². The lowest BCUT2D eigenvalue weighted by Gasteiger charge is -2.46. The van der Waals surface area contributed by atoms with Gasteiger partial charge in [-0.1, -0.05) is 61.7 Å². The van der Waals surface area contributed by atoms with Crippen LogP contribution in [0.2, 0.25) is 0 Å². The van der Waals surface area contributed by atoms with E-state index in [0.29, 0.717) is 23.0 Å². The van der Waals surface area contributed by atoms with E-state index in [1.165, 1.54) is 19.3 Å². The first-order valence-corrected chi connectivity index (χ1v) is 17.4. The molecular weight excluding hydrogens is 614 g/mol. The van der Waals surface area contributed by atoms with Crippen molar-refractivity contribution >= 4 is 34.0 Å². The van der Waals surface area contributed by atoms with Crippen molar-refractivity contribution in [2.75, 3.05) is 36.8 Å². The van der Waals surface area contributed by atoms with Crippen LogP contribution in [0.25, 0.3) is 28.1 Å². The number of carbonyl (C=O) groups excluding carboxylic acids is 1. The van der Waals surface area contributed by atoms with Gasteiger partial charge in [0.25, 0.3) is 5.91 Å². The zero-order valence-electron chi connectivity index (χ0n) is 28.1. The largest absolute Gasteiger partial charge is 0.461 e. The molecule has 1 saturated heterocycles. The second-order valence-electron chi connectivity index (χ2n) is 13.6. The molecule has 252 valence electrons. The zero-order valence-corrected chi connectivity index (χ0v) is 28.1. The monoisotopic (exact) mass is 657 g/mol. The fourth-order valence-corrected chi connectivity index (χ4v) is 7.89. The van der Waals surface area contributed by atoms with Gasteiger partial charge in [0.1, 0.15) is 11.4 Å². The molecule has 4 aromatic heterocycles. The van der Waals surface area contributed by atoms with Gasteiger partial charge in [-0.15, -0.1) is 5.10 Å². The van der Waals surface area contributed by atoms with E-state index in [9.17, 15) is 4.79 Å². The Morgan fingerprint density at radius 3 is 2.49 bits per heavy atom. The molecular formula is C38H43N9O2. The number of fused-ring (bicyclic) bond motifs is 3. The summed E-state index contributed by atoms with van der Waals surface area (Å²) in [6.07, 6.45) is 9.25. The number of piperazine rings is 1. The summed E-state index contributed by atoms with van der Waals surface area (Å²) in [6.45, 7) is 7.84. The van der Waals surface area contributed by atoms with E-state index in [4.69, 9.17) is 20.2 Å². The Hall–Kier alpha value is -5.16. The molecule has 3 N–H and O–H groups in total. The molecule has 1 amide bonds. The first-order valence-electron chi connectivity index (χ1n) is 17.4. The number of amides is 1. The lowest BCUT2D eigenvalue weighted by molar-refractivity contribution is 0.0926. The highest BCUT2D eigenvalue weighted by Gasteiger charge is 2.41. The maximum absolute atomic E-state index is 13.5. The number of anilines is 2.